The lowest BCUT2D eigenvalue weighted by Crippen LogP contribution is -2.45. The van der Waals surface area contributed by atoms with Gasteiger partial charge in [-0.05, 0) is 12.8 Å². The molecule has 0 aromatic heterocycles. The fraction of sp³-hybridized carbons (Fsp3) is 0.917. The van der Waals surface area contributed by atoms with Crippen LogP contribution in [0.4, 0.5) is 0 Å². The summed E-state index contributed by atoms with van der Waals surface area (Å²) in [4.78, 5) is 11.9. The summed E-state index contributed by atoms with van der Waals surface area (Å²) in [5.41, 5.74) is 5.35. The van der Waals surface area contributed by atoms with Crippen LogP contribution in [0.25, 0.3) is 0 Å². The van der Waals surface area contributed by atoms with Crippen molar-refractivity contribution in [2.24, 2.45) is 11.1 Å². The van der Waals surface area contributed by atoms with Crippen LogP contribution in [-0.4, -0.2) is 18.5 Å². The summed E-state index contributed by atoms with van der Waals surface area (Å²) < 4.78 is 0. The highest BCUT2D eigenvalue weighted by atomic mass is 16.2. The van der Waals surface area contributed by atoms with Gasteiger partial charge in [0.15, 0.2) is 0 Å². The Labute approximate surface area is 93.8 Å². The minimum atomic E-state index is -0.278. The molecule has 90 valence electrons. The normalized spacial score (nSPS) is 13.7. The Morgan fingerprint density at radius 2 is 2.00 bits per heavy atom. The molecule has 0 aromatic carbocycles. The molecule has 3 heteroatoms. The van der Waals surface area contributed by atoms with Crippen LogP contribution in [0.5, 0.6) is 0 Å². The van der Waals surface area contributed by atoms with E-state index in [4.69, 9.17) is 5.73 Å². The topological polar surface area (TPSA) is 55.1 Å². The number of carbonyl (C=O) groups is 1. The van der Waals surface area contributed by atoms with Gasteiger partial charge in [-0.1, -0.05) is 40.5 Å². The summed E-state index contributed by atoms with van der Waals surface area (Å²) >= 11 is 0. The maximum absolute atomic E-state index is 11.9. The number of nitrogens with one attached hydrogen (secondary N) is 1. The number of hydrogen-bond donors (Lipinski definition) is 2. The monoisotopic (exact) mass is 214 g/mol. The standard InChI is InChI=1S/C12H26N2O/c1-5-7-8-10(9-13)14-11(15)12(3,4)6-2/h10H,5-9,13H2,1-4H3,(H,14,15). The van der Waals surface area contributed by atoms with Gasteiger partial charge in [0.1, 0.15) is 0 Å². The molecule has 0 radical (unpaired) electrons. The molecular weight excluding hydrogens is 188 g/mol. The van der Waals surface area contributed by atoms with Crippen molar-refractivity contribution < 1.29 is 4.79 Å². The molecule has 0 aliphatic carbocycles. The largest absolute Gasteiger partial charge is 0.352 e. The van der Waals surface area contributed by atoms with E-state index in [1.165, 1.54) is 0 Å². The highest BCUT2D eigenvalue weighted by Gasteiger charge is 2.26. The zero-order valence-corrected chi connectivity index (χ0v) is 10.6. The second-order valence-electron chi connectivity index (χ2n) is 4.79. The summed E-state index contributed by atoms with van der Waals surface area (Å²) in [6.45, 7) is 8.64. The van der Waals surface area contributed by atoms with Crippen molar-refractivity contribution in [3.8, 4) is 0 Å². The molecule has 1 amide bonds. The van der Waals surface area contributed by atoms with Crippen LogP contribution in [-0.2, 0) is 4.79 Å². The molecule has 1 unspecified atom stereocenters. The Morgan fingerprint density at radius 1 is 1.40 bits per heavy atom. The van der Waals surface area contributed by atoms with Gasteiger partial charge < -0.3 is 11.1 Å². The van der Waals surface area contributed by atoms with Gasteiger partial charge in [-0.15, -0.1) is 0 Å². The Bertz CT molecular complexity index is 190. The number of carbonyl (C=O) groups excluding carboxylic acids is 1. The number of rotatable bonds is 7. The second-order valence-corrected chi connectivity index (χ2v) is 4.79. The second kappa shape index (κ2) is 6.83. The van der Waals surface area contributed by atoms with E-state index in [0.717, 1.165) is 25.7 Å². The third kappa shape index (κ3) is 5.17. The Morgan fingerprint density at radius 3 is 2.40 bits per heavy atom. The molecule has 1 atom stereocenters. The molecule has 0 aliphatic rings. The van der Waals surface area contributed by atoms with Gasteiger partial charge in [0.25, 0.3) is 0 Å². The lowest BCUT2D eigenvalue weighted by molar-refractivity contribution is -0.130. The summed E-state index contributed by atoms with van der Waals surface area (Å²) in [5.74, 6) is 0.122. The predicted octanol–water partition coefficient (Wildman–Crippen LogP) is 2.06. The van der Waals surface area contributed by atoms with E-state index < -0.39 is 0 Å². The van der Waals surface area contributed by atoms with Crippen LogP contribution in [0.1, 0.15) is 53.4 Å². The summed E-state index contributed by atoms with van der Waals surface area (Å²) in [6.07, 6.45) is 4.10. The zero-order chi connectivity index (χ0) is 11.9. The average Bonchev–Trinajstić information content (AvgIpc) is 2.23. The summed E-state index contributed by atoms with van der Waals surface area (Å²) in [5, 5.41) is 3.03. The molecule has 0 saturated carbocycles. The number of nitrogens with two attached hydrogens (primary N) is 1. The Balaban J connectivity index is 4.12. The predicted molar refractivity (Wildman–Crippen MR) is 64.6 cm³/mol. The van der Waals surface area contributed by atoms with E-state index in [0.29, 0.717) is 6.54 Å². The zero-order valence-electron chi connectivity index (χ0n) is 10.6. The minimum Gasteiger partial charge on any atom is -0.352 e. The minimum absolute atomic E-state index is 0.122. The van der Waals surface area contributed by atoms with Crippen molar-refractivity contribution in [1.82, 2.24) is 5.32 Å². The van der Waals surface area contributed by atoms with E-state index in [1.807, 2.05) is 20.8 Å². The third-order valence-electron chi connectivity index (χ3n) is 3.02. The SMILES string of the molecule is CCCCC(CN)NC(=O)C(C)(C)CC. The smallest absolute Gasteiger partial charge is 0.225 e. The molecule has 0 rings (SSSR count). The van der Waals surface area contributed by atoms with Crippen molar-refractivity contribution in [3.63, 3.8) is 0 Å². The van der Waals surface area contributed by atoms with Gasteiger partial charge in [0, 0.05) is 18.0 Å². The first-order chi connectivity index (χ1) is 6.97. The lowest BCUT2D eigenvalue weighted by Gasteiger charge is -2.25. The quantitative estimate of drug-likeness (QED) is 0.681. The van der Waals surface area contributed by atoms with Crippen LogP contribution in [0.15, 0.2) is 0 Å². The molecule has 0 saturated heterocycles. The van der Waals surface area contributed by atoms with Gasteiger partial charge >= 0.3 is 0 Å². The lowest BCUT2D eigenvalue weighted by atomic mass is 9.89. The van der Waals surface area contributed by atoms with E-state index in [9.17, 15) is 4.79 Å². The molecule has 0 aliphatic heterocycles. The first-order valence-electron chi connectivity index (χ1n) is 5.99. The van der Waals surface area contributed by atoms with Crippen LogP contribution < -0.4 is 11.1 Å². The highest BCUT2D eigenvalue weighted by molar-refractivity contribution is 5.81. The van der Waals surface area contributed by atoms with Crippen molar-refractivity contribution in [3.05, 3.63) is 0 Å². The van der Waals surface area contributed by atoms with Crippen LogP contribution >= 0.6 is 0 Å². The number of hydrogen-bond acceptors (Lipinski definition) is 2. The van der Waals surface area contributed by atoms with E-state index in [2.05, 4.69) is 12.2 Å². The fourth-order valence-electron chi connectivity index (χ4n) is 1.24. The van der Waals surface area contributed by atoms with Crippen molar-refractivity contribution in [2.45, 2.75) is 59.4 Å². The maximum Gasteiger partial charge on any atom is 0.225 e. The van der Waals surface area contributed by atoms with Crippen LogP contribution in [0, 0.1) is 5.41 Å². The molecule has 0 aromatic rings. The van der Waals surface area contributed by atoms with Gasteiger partial charge in [0.2, 0.25) is 5.91 Å². The first-order valence-corrected chi connectivity index (χ1v) is 5.99. The van der Waals surface area contributed by atoms with Gasteiger partial charge in [-0.25, -0.2) is 0 Å². The van der Waals surface area contributed by atoms with E-state index in [-0.39, 0.29) is 17.4 Å². The van der Waals surface area contributed by atoms with E-state index in [1.54, 1.807) is 0 Å². The highest BCUT2D eigenvalue weighted by Crippen LogP contribution is 2.19. The fourth-order valence-corrected chi connectivity index (χ4v) is 1.24. The average molecular weight is 214 g/mol. The Kier molecular flexibility index (Phi) is 6.57. The van der Waals surface area contributed by atoms with E-state index >= 15 is 0 Å². The van der Waals surface area contributed by atoms with Crippen LogP contribution in [0.2, 0.25) is 0 Å². The van der Waals surface area contributed by atoms with Gasteiger partial charge in [-0.2, -0.15) is 0 Å². The first kappa shape index (κ1) is 14.4. The molecule has 0 bridgehead atoms. The number of amides is 1. The number of unbranched alkanes of at least 4 members (excludes halogenated alkanes) is 1. The molecular formula is C12H26N2O. The van der Waals surface area contributed by atoms with Crippen molar-refractivity contribution in [2.75, 3.05) is 6.54 Å². The molecule has 15 heavy (non-hydrogen) atoms. The summed E-state index contributed by atoms with van der Waals surface area (Å²) in [6, 6.07) is 0.142. The third-order valence-corrected chi connectivity index (χ3v) is 3.02. The molecule has 0 spiro atoms. The molecule has 0 fully saturated rings. The van der Waals surface area contributed by atoms with Crippen molar-refractivity contribution in [1.29, 1.82) is 0 Å². The Hall–Kier alpha value is -0.570. The molecule has 3 N–H and O–H groups in total. The summed E-state index contributed by atoms with van der Waals surface area (Å²) in [7, 11) is 0. The van der Waals surface area contributed by atoms with Crippen LogP contribution in [0.3, 0.4) is 0 Å². The molecule has 3 nitrogen and oxygen atoms in total. The maximum atomic E-state index is 11.9. The molecule has 0 heterocycles. The van der Waals surface area contributed by atoms with Gasteiger partial charge in [0.05, 0.1) is 0 Å². The van der Waals surface area contributed by atoms with Gasteiger partial charge in [-0.3, -0.25) is 4.79 Å². The van der Waals surface area contributed by atoms with Crippen molar-refractivity contribution >= 4 is 5.91 Å².